The first-order valence-electron chi connectivity index (χ1n) is 5.92. The van der Waals surface area contributed by atoms with Crippen LogP contribution in [0.5, 0.6) is 5.75 Å². The molecule has 1 saturated heterocycles. The summed E-state index contributed by atoms with van der Waals surface area (Å²) in [6, 6.07) is 8.49. The van der Waals surface area contributed by atoms with Gasteiger partial charge in [-0.25, -0.2) is 0 Å². The van der Waals surface area contributed by atoms with E-state index in [1.807, 2.05) is 18.2 Å². The number of hydrogen-bond acceptors (Lipinski definition) is 3. The topological polar surface area (TPSA) is 38.5 Å². The third-order valence-electron chi connectivity index (χ3n) is 3.07. The Morgan fingerprint density at radius 3 is 2.94 bits per heavy atom. The Bertz CT molecular complexity index is 340. The smallest absolute Gasteiger partial charge is 0.122 e. The Morgan fingerprint density at radius 1 is 1.44 bits per heavy atom. The van der Waals surface area contributed by atoms with E-state index in [2.05, 4.69) is 17.9 Å². The summed E-state index contributed by atoms with van der Waals surface area (Å²) in [5, 5.41) is 0. The molecule has 3 heteroatoms. The fourth-order valence-electron chi connectivity index (χ4n) is 2.07. The monoisotopic (exact) mass is 220 g/mol. The van der Waals surface area contributed by atoms with Crippen molar-refractivity contribution in [2.24, 2.45) is 5.73 Å². The quantitative estimate of drug-likeness (QED) is 0.833. The maximum atomic E-state index is 5.85. The van der Waals surface area contributed by atoms with Gasteiger partial charge in [0.05, 0.1) is 0 Å². The Hall–Kier alpha value is -1.06. The van der Waals surface area contributed by atoms with Crippen LogP contribution in [0.15, 0.2) is 24.3 Å². The van der Waals surface area contributed by atoms with Crippen LogP contribution in [-0.2, 0) is 0 Å². The summed E-state index contributed by atoms with van der Waals surface area (Å²) in [4.78, 5) is 2.36. The molecule has 1 unspecified atom stereocenters. The van der Waals surface area contributed by atoms with E-state index >= 15 is 0 Å². The normalized spacial score (nSPS) is 21.2. The average Bonchev–Trinajstić information content (AvgIpc) is 2.67. The van der Waals surface area contributed by atoms with E-state index in [4.69, 9.17) is 10.5 Å². The lowest BCUT2D eigenvalue weighted by Crippen LogP contribution is -2.29. The van der Waals surface area contributed by atoms with Crippen LogP contribution in [0.4, 0.5) is 0 Å². The van der Waals surface area contributed by atoms with Crippen molar-refractivity contribution in [1.82, 2.24) is 4.90 Å². The molecule has 0 bridgehead atoms. The number of likely N-dealkylation sites (tertiary alicyclic amines) is 1. The predicted octanol–water partition coefficient (Wildman–Crippen LogP) is 1.41. The van der Waals surface area contributed by atoms with Crippen molar-refractivity contribution < 1.29 is 4.74 Å². The highest BCUT2D eigenvalue weighted by Gasteiger charge is 2.18. The van der Waals surface area contributed by atoms with Gasteiger partial charge in [-0.2, -0.15) is 0 Å². The van der Waals surface area contributed by atoms with Crippen LogP contribution in [0.25, 0.3) is 0 Å². The molecule has 88 valence electrons. The fourth-order valence-corrected chi connectivity index (χ4v) is 2.07. The van der Waals surface area contributed by atoms with Crippen LogP contribution in [-0.4, -0.2) is 37.2 Å². The number of nitrogens with two attached hydrogens (primary N) is 1. The van der Waals surface area contributed by atoms with Crippen molar-refractivity contribution in [3.8, 4) is 5.75 Å². The highest BCUT2D eigenvalue weighted by Crippen LogP contribution is 2.16. The molecule has 1 heterocycles. The molecule has 1 fully saturated rings. The Kier molecular flexibility index (Phi) is 3.80. The summed E-state index contributed by atoms with van der Waals surface area (Å²) in [6.07, 6.45) is 1.12. The number of ether oxygens (including phenoxy) is 1. The van der Waals surface area contributed by atoms with Gasteiger partial charge in [-0.1, -0.05) is 18.2 Å². The molecule has 0 saturated carbocycles. The van der Waals surface area contributed by atoms with E-state index in [-0.39, 0.29) is 0 Å². The second-order valence-electron chi connectivity index (χ2n) is 4.46. The summed E-state index contributed by atoms with van der Waals surface area (Å²) in [5.74, 6) is 0.992. The first-order chi connectivity index (χ1) is 7.75. The molecule has 0 aromatic heterocycles. The van der Waals surface area contributed by atoms with Gasteiger partial charge >= 0.3 is 0 Å². The van der Waals surface area contributed by atoms with Crippen LogP contribution in [0.3, 0.4) is 0 Å². The minimum absolute atomic E-state index is 0.360. The maximum Gasteiger partial charge on any atom is 0.122 e. The van der Waals surface area contributed by atoms with Gasteiger partial charge in [0.2, 0.25) is 0 Å². The largest absolute Gasteiger partial charge is 0.492 e. The van der Waals surface area contributed by atoms with E-state index in [9.17, 15) is 0 Å². The number of hydrogen-bond donors (Lipinski definition) is 1. The third kappa shape index (κ3) is 2.97. The second-order valence-corrected chi connectivity index (χ2v) is 4.46. The van der Waals surface area contributed by atoms with E-state index < -0.39 is 0 Å². The van der Waals surface area contributed by atoms with Crippen molar-refractivity contribution in [2.45, 2.75) is 19.4 Å². The summed E-state index contributed by atoms with van der Waals surface area (Å²) in [6.45, 7) is 5.91. The van der Waals surface area contributed by atoms with Gasteiger partial charge in [0.1, 0.15) is 12.4 Å². The van der Waals surface area contributed by atoms with Crippen LogP contribution >= 0.6 is 0 Å². The van der Waals surface area contributed by atoms with Crippen molar-refractivity contribution >= 4 is 0 Å². The van der Waals surface area contributed by atoms with Crippen LogP contribution < -0.4 is 10.5 Å². The molecule has 0 amide bonds. The van der Waals surface area contributed by atoms with Gasteiger partial charge in [0.15, 0.2) is 0 Å². The highest BCUT2D eigenvalue weighted by molar-refractivity contribution is 5.31. The van der Waals surface area contributed by atoms with Gasteiger partial charge in [-0.05, 0) is 31.5 Å². The molecule has 1 atom stereocenters. The molecule has 1 aromatic rings. The summed E-state index contributed by atoms with van der Waals surface area (Å²) in [7, 11) is 0. The van der Waals surface area contributed by atoms with Crippen molar-refractivity contribution in [2.75, 3.05) is 26.2 Å². The van der Waals surface area contributed by atoms with Gasteiger partial charge in [0, 0.05) is 19.1 Å². The van der Waals surface area contributed by atoms with E-state index in [1.165, 1.54) is 5.56 Å². The lowest BCUT2D eigenvalue weighted by Gasteiger charge is -2.16. The fraction of sp³-hybridized carbons (Fsp3) is 0.538. The molecular formula is C13H20N2O. The zero-order valence-electron chi connectivity index (χ0n) is 9.86. The zero-order valence-corrected chi connectivity index (χ0v) is 9.86. The summed E-state index contributed by atoms with van der Waals surface area (Å²) >= 11 is 0. The lowest BCUT2D eigenvalue weighted by atomic mass is 10.2. The van der Waals surface area contributed by atoms with E-state index in [0.29, 0.717) is 6.04 Å². The first kappa shape index (κ1) is 11.4. The SMILES string of the molecule is Cc1ccccc1OCCN1CCC(N)C1. The van der Waals surface area contributed by atoms with Gasteiger partial charge in [-0.3, -0.25) is 4.90 Å². The van der Waals surface area contributed by atoms with E-state index in [1.54, 1.807) is 0 Å². The van der Waals surface area contributed by atoms with Crippen LogP contribution in [0.2, 0.25) is 0 Å². The highest BCUT2D eigenvalue weighted by atomic mass is 16.5. The van der Waals surface area contributed by atoms with Gasteiger partial charge in [0.25, 0.3) is 0 Å². The van der Waals surface area contributed by atoms with E-state index in [0.717, 1.165) is 38.4 Å². The van der Waals surface area contributed by atoms with Crippen molar-refractivity contribution in [3.05, 3.63) is 29.8 Å². The average molecular weight is 220 g/mol. The number of nitrogens with zero attached hydrogens (tertiary/aromatic N) is 1. The number of rotatable bonds is 4. The lowest BCUT2D eigenvalue weighted by molar-refractivity contribution is 0.235. The van der Waals surface area contributed by atoms with Crippen LogP contribution in [0, 0.1) is 6.92 Å². The molecule has 2 N–H and O–H groups in total. The van der Waals surface area contributed by atoms with Gasteiger partial charge in [-0.15, -0.1) is 0 Å². The third-order valence-corrected chi connectivity index (χ3v) is 3.07. The Morgan fingerprint density at radius 2 is 2.25 bits per heavy atom. The van der Waals surface area contributed by atoms with Crippen molar-refractivity contribution in [1.29, 1.82) is 0 Å². The maximum absolute atomic E-state index is 5.85. The second kappa shape index (κ2) is 5.32. The molecule has 0 aliphatic carbocycles. The summed E-state index contributed by atoms with van der Waals surface area (Å²) < 4.78 is 5.75. The van der Waals surface area contributed by atoms with Crippen LogP contribution in [0.1, 0.15) is 12.0 Å². The molecule has 0 radical (unpaired) electrons. The number of aryl methyl sites for hydroxylation is 1. The molecule has 1 aliphatic heterocycles. The predicted molar refractivity (Wildman–Crippen MR) is 65.7 cm³/mol. The standard InChI is InChI=1S/C13H20N2O/c1-11-4-2-3-5-13(11)16-9-8-15-7-6-12(14)10-15/h2-5,12H,6-10,14H2,1H3. The first-order valence-corrected chi connectivity index (χ1v) is 5.92. The number of benzene rings is 1. The molecule has 2 rings (SSSR count). The molecule has 1 aromatic carbocycles. The molecular weight excluding hydrogens is 200 g/mol. The molecule has 16 heavy (non-hydrogen) atoms. The Labute approximate surface area is 97.2 Å². The minimum Gasteiger partial charge on any atom is -0.492 e. The minimum atomic E-state index is 0.360. The summed E-state index contributed by atoms with van der Waals surface area (Å²) in [5.41, 5.74) is 7.04. The zero-order chi connectivity index (χ0) is 11.4. The van der Waals surface area contributed by atoms with Crippen molar-refractivity contribution in [3.63, 3.8) is 0 Å². The Balaban J connectivity index is 1.74. The molecule has 3 nitrogen and oxygen atoms in total. The molecule has 1 aliphatic rings. The molecule has 0 spiro atoms. The number of para-hydroxylation sites is 1. The van der Waals surface area contributed by atoms with Gasteiger partial charge < -0.3 is 10.5 Å².